The normalized spacial score (nSPS) is 19.3. The summed E-state index contributed by atoms with van der Waals surface area (Å²) in [5.74, 6) is -0.450. The Balaban J connectivity index is 2.37. The summed E-state index contributed by atoms with van der Waals surface area (Å²) in [6.07, 6.45) is 0. The molecule has 0 aliphatic carbocycles. The zero-order valence-electron chi connectivity index (χ0n) is 7.80. The Morgan fingerprint density at radius 3 is 3.07 bits per heavy atom. The molecule has 1 amide bonds. The summed E-state index contributed by atoms with van der Waals surface area (Å²) >= 11 is 0. The van der Waals surface area contributed by atoms with Crippen LogP contribution in [0.15, 0.2) is 18.2 Å². The SMILES string of the molecule is CCNC1C(=O)Nc2cc(F)ccc21. The largest absolute Gasteiger partial charge is 0.324 e. The number of likely N-dealkylation sites (N-methyl/N-ethyl adjacent to an activating group) is 1. The third kappa shape index (κ3) is 1.37. The molecule has 1 aromatic carbocycles. The summed E-state index contributed by atoms with van der Waals surface area (Å²) in [5.41, 5.74) is 1.39. The minimum Gasteiger partial charge on any atom is -0.324 e. The molecule has 0 saturated heterocycles. The summed E-state index contributed by atoms with van der Waals surface area (Å²) in [5, 5.41) is 5.67. The van der Waals surface area contributed by atoms with Gasteiger partial charge in [0.2, 0.25) is 5.91 Å². The second-order valence-electron chi connectivity index (χ2n) is 3.21. The number of rotatable bonds is 2. The first-order chi connectivity index (χ1) is 6.72. The van der Waals surface area contributed by atoms with E-state index in [1.807, 2.05) is 6.92 Å². The topological polar surface area (TPSA) is 41.1 Å². The highest BCUT2D eigenvalue weighted by atomic mass is 19.1. The average Bonchev–Trinajstić information content (AvgIpc) is 2.43. The van der Waals surface area contributed by atoms with Gasteiger partial charge in [0.1, 0.15) is 11.9 Å². The minimum atomic E-state index is -0.337. The first-order valence-electron chi connectivity index (χ1n) is 4.56. The summed E-state index contributed by atoms with van der Waals surface area (Å²) < 4.78 is 12.8. The number of carbonyl (C=O) groups is 1. The molecule has 0 spiro atoms. The van der Waals surface area contributed by atoms with Gasteiger partial charge in [0.15, 0.2) is 0 Å². The number of fused-ring (bicyclic) bond motifs is 1. The van der Waals surface area contributed by atoms with Crippen LogP contribution in [0.4, 0.5) is 10.1 Å². The highest BCUT2D eigenvalue weighted by Crippen LogP contribution is 2.30. The Bertz CT molecular complexity index is 378. The molecule has 2 rings (SSSR count). The molecule has 2 N–H and O–H groups in total. The van der Waals surface area contributed by atoms with Crippen LogP contribution < -0.4 is 10.6 Å². The maximum Gasteiger partial charge on any atom is 0.246 e. The van der Waals surface area contributed by atoms with Gasteiger partial charge in [-0.3, -0.25) is 4.79 Å². The van der Waals surface area contributed by atoms with Crippen molar-refractivity contribution < 1.29 is 9.18 Å². The molecule has 14 heavy (non-hydrogen) atoms. The molecule has 1 aromatic rings. The molecule has 3 nitrogen and oxygen atoms in total. The van der Waals surface area contributed by atoms with Crippen LogP contribution in [-0.4, -0.2) is 12.5 Å². The van der Waals surface area contributed by atoms with Crippen molar-refractivity contribution in [2.75, 3.05) is 11.9 Å². The van der Waals surface area contributed by atoms with Crippen molar-refractivity contribution in [1.29, 1.82) is 0 Å². The lowest BCUT2D eigenvalue weighted by Gasteiger charge is -2.08. The summed E-state index contributed by atoms with van der Waals surface area (Å²) in [4.78, 5) is 11.4. The molecule has 4 heteroatoms. The van der Waals surface area contributed by atoms with E-state index in [9.17, 15) is 9.18 Å². The van der Waals surface area contributed by atoms with Gasteiger partial charge in [-0.05, 0) is 18.7 Å². The number of halogens is 1. The molecule has 1 atom stereocenters. The van der Waals surface area contributed by atoms with Crippen LogP contribution >= 0.6 is 0 Å². The molecule has 0 saturated carbocycles. The first-order valence-corrected chi connectivity index (χ1v) is 4.56. The Hall–Kier alpha value is -1.42. The fourth-order valence-electron chi connectivity index (χ4n) is 1.64. The van der Waals surface area contributed by atoms with Gasteiger partial charge in [-0.1, -0.05) is 13.0 Å². The van der Waals surface area contributed by atoms with Gasteiger partial charge in [-0.15, -0.1) is 0 Å². The zero-order chi connectivity index (χ0) is 10.1. The van der Waals surface area contributed by atoms with Crippen molar-refractivity contribution in [3.8, 4) is 0 Å². The number of benzene rings is 1. The number of carbonyl (C=O) groups excluding carboxylic acids is 1. The first kappa shape index (κ1) is 9.15. The van der Waals surface area contributed by atoms with E-state index in [4.69, 9.17) is 0 Å². The highest BCUT2D eigenvalue weighted by Gasteiger charge is 2.29. The molecule has 0 bridgehead atoms. The van der Waals surface area contributed by atoms with E-state index < -0.39 is 0 Å². The third-order valence-electron chi connectivity index (χ3n) is 2.25. The molecule has 0 aromatic heterocycles. The van der Waals surface area contributed by atoms with Gasteiger partial charge < -0.3 is 10.6 Å². The van der Waals surface area contributed by atoms with Crippen LogP contribution in [-0.2, 0) is 4.79 Å². The summed E-state index contributed by atoms with van der Waals surface area (Å²) in [6.45, 7) is 2.63. The van der Waals surface area contributed by atoms with Crippen molar-refractivity contribution >= 4 is 11.6 Å². The van der Waals surface area contributed by atoms with Crippen molar-refractivity contribution in [3.63, 3.8) is 0 Å². The van der Waals surface area contributed by atoms with Crippen LogP contribution in [0.25, 0.3) is 0 Å². The van der Waals surface area contributed by atoms with Crippen molar-refractivity contribution in [2.24, 2.45) is 0 Å². The average molecular weight is 194 g/mol. The summed E-state index contributed by atoms with van der Waals surface area (Å²) in [7, 11) is 0. The standard InChI is InChI=1S/C10H11FN2O/c1-2-12-9-7-4-3-6(11)5-8(7)13-10(9)14/h3-5,9,12H,2H2,1H3,(H,13,14). The Kier molecular flexibility index (Phi) is 2.21. The van der Waals surface area contributed by atoms with Crippen LogP contribution in [0, 0.1) is 5.82 Å². The van der Waals surface area contributed by atoms with E-state index in [0.29, 0.717) is 12.2 Å². The van der Waals surface area contributed by atoms with Crippen molar-refractivity contribution in [1.82, 2.24) is 5.32 Å². The molecule has 1 unspecified atom stereocenters. The number of amides is 1. The molecular weight excluding hydrogens is 183 g/mol. The quantitative estimate of drug-likeness (QED) is 0.747. The van der Waals surface area contributed by atoms with Gasteiger partial charge in [0.05, 0.1) is 0 Å². The number of hydrogen-bond acceptors (Lipinski definition) is 2. The monoisotopic (exact) mass is 194 g/mol. The Morgan fingerprint density at radius 1 is 1.57 bits per heavy atom. The van der Waals surface area contributed by atoms with Crippen molar-refractivity contribution in [3.05, 3.63) is 29.6 Å². The lowest BCUT2D eigenvalue weighted by molar-refractivity contribution is -0.117. The molecule has 1 aliphatic heterocycles. The molecule has 1 heterocycles. The summed E-state index contributed by atoms with van der Waals surface area (Å²) in [6, 6.07) is 4.00. The molecular formula is C10H11FN2O. The molecule has 0 radical (unpaired) electrons. The van der Waals surface area contributed by atoms with Crippen LogP contribution in [0.1, 0.15) is 18.5 Å². The number of nitrogens with one attached hydrogen (secondary N) is 2. The van der Waals surface area contributed by atoms with Crippen molar-refractivity contribution in [2.45, 2.75) is 13.0 Å². The number of anilines is 1. The molecule has 74 valence electrons. The van der Waals surface area contributed by atoms with E-state index in [1.54, 1.807) is 6.07 Å². The smallest absolute Gasteiger partial charge is 0.246 e. The Labute approximate surface area is 81.3 Å². The van der Waals surface area contributed by atoms with E-state index >= 15 is 0 Å². The maximum atomic E-state index is 12.8. The second kappa shape index (κ2) is 3.38. The van der Waals surface area contributed by atoms with Gasteiger partial charge in [0, 0.05) is 11.3 Å². The number of hydrogen-bond donors (Lipinski definition) is 2. The van der Waals surface area contributed by atoms with Crippen LogP contribution in [0.5, 0.6) is 0 Å². The zero-order valence-corrected chi connectivity index (χ0v) is 7.80. The lowest BCUT2D eigenvalue weighted by Crippen LogP contribution is -2.27. The van der Waals surface area contributed by atoms with Gasteiger partial charge in [0.25, 0.3) is 0 Å². The maximum absolute atomic E-state index is 12.8. The van der Waals surface area contributed by atoms with Crippen LogP contribution in [0.2, 0.25) is 0 Å². The Morgan fingerprint density at radius 2 is 2.36 bits per heavy atom. The highest BCUT2D eigenvalue weighted by molar-refractivity contribution is 6.02. The van der Waals surface area contributed by atoms with E-state index in [2.05, 4.69) is 10.6 Å². The minimum absolute atomic E-state index is 0.118. The molecule has 0 fully saturated rings. The molecule has 1 aliphatic rings. The van der Waals surface area contributed by atoms with Gasteiger partial charge in [-0.25, -0.2) is 4.39 Å². The van der Waals surface area contributed by atoms with E-state index in [-0.39, 0.29) is 17.8 Å². The third-order valence-corrected chi connectivity index (χ3v) is 2.25. The van der Waals surface area contributed by atoms with Gasteiger partial charge in [-0.2, -0.15) is 0 Å². The van der Waals surface area contributed by atoms with Crippen LogP contribution in [0.3, 0.4) is 0 Å². The fraction of sp³-hybridized carbons (Fsp3) is 0.300. The van der Waals surface area contributed by atoms with Gasteiger partial charge >= 0.3 is 0 Å². The van der Waals surface area contributed by atoms with E-state index in [1.165, 1.54) is 12.1 Å². The predicted molar refractivity (Wildman–Crippen MR) is 51.4 cm³/mol. The predicted octanol–water partition coefficient (Wildman–Crippen LogP) is 1.43. The lowest BCUT2D eigenvalue weighted by atomic mass is 10.1. The van der Waals surface area contributed by atoms with E-state index in [0.717, 1.165) is 5.56 Å². The fourth-order valence-corrected chi connectivity index (χ4v) is 1.64. The second-order valence-corrected chi connectivity index (χ2v) is 3.21.